The van der Waals surface area contributed by atoms with Crippen LogP contribution in [-0.2, 0) is 4.79 Å². The molecule has 0 spiro atoms. The Bertz CT molecular complexity index is 909. The first-order valence-corrected chi connectivity index (χ1v) is 9.40. The van der Waals surface area contributed by atoms with Crippen LogP contribution in [0.1, 0.15) is 25.3 Å². The number of thioether (sulfide) groups is 1. The summed E-state index contributed by atoms with van der Waals surface area (Å²) >= 11 is 13.4. The van der Waals surface area contributed by atoms with Crippen LogP contribution in [-0.4, -0.2) is 26.3 Å². The first kappa shape index (κ1) is 18.0. The van der Waals surface area contributed by atoms with Gasteiger partial charge in [-0.05, 0) is 29.7 Å². The molecule has 0 saturated heterocycles. The molecule has 3 aromatic rings. The van der Waals surface area contributed by atoms with Gasteiger partial charge in [0.05, 0.1) is 15.8 Å². The minimum absolute atomic E-state index is 0.118. The molecule has 2 aromatic heterocycles. The van der Waals surface area contributed by atoms with E-state index in [9.17, 15) is 4.79 Å². The van der Waals surface area contributed by atoms with E-state index < -0.39 is 0 Å². The van der Waals surface area contributed by atoms with Gasteiger partial charge in [0.15, 0.2) is 10.8 Å². The average Bonchev–Trinajstić information content (AvgIpc) is 2.96. The number of aromatic nitrogens is 3. The normalized spacial score (nSPS) is 11.2. The van der Waals surface area contributed by atoms with Gasteiger partial charge in [0.25, 0.3) is 0 Å². The summed E-state index contributed by atoms with van der Waals surface area (Å²) in [5, 5.41) is 12.4. The number of hydrogen-bond donors (Lipinski definition) is 1. The lowest BCUT2D eigenvalue weighted by Gasteiger charge is -2.08. The quantitative estimate of drug-likeness (QED) is 0.625. The van der Waals surface area contributed by atoms with Crippen molar-refractivity contribution < 1.29 is 4.79 Å². The summed E-state index contributed by atoms with van der Waals surface area (Å²) in [4.78, 5) is 12.2. The van der Waals surface area contributed by atoms with E-state index >= 15 is 0 Å². The fourth-order valence-corrected chi connectivity index (χ4v) is 3.50. The summed E-state index contributed by atoms with van der Waals surface area (Å²) in [7, 11) is 0. The summed E-state index contributed by atoms with van der Waals surface area (Å²) in [6.07, 6.45) is 1.67. The van der Waals surface area contributed by atoms with E-state index in [0.717, 1.165) is 5.69 Å². The number of nitrogens with zero attached hydrogens (tertiary/aromatic N) is 3. The number of halogens is 2. The van der Waals surface area contributed by atoms with Gasteiger partial charge in [-0.2, -0.15) is 0 Å². The van der Waals surface area contributed by atoms with Crippen LogP contribution in [0, 0.1) is 0 Å². The van der Waals surface area contributed by atoms with Crippen molar-refractivity contribution in [2.45, 2.75) is 24.9 Å². The zero-order valence-electron chi connectivity index (χ0n) is 13.7. The average molecular weight is 395 g/mol. The second-order valence-corrected chi connectivity index (χ2v) is 7.58. The lowest BCUT2D eigenvalue weighted by atomic mass is 10.0. The van der Waals surface area contributed by atoms with Gasteiger partial charge < -0.3 is 5.32 Å². The predicted molar refractivity (Wildman–Crippen MR) is 103 cm³/mol. The number of carbonyl (C=O) groups excluding carboxylic acids is 1. The van der Waals surface area contributed by atoms with Gasteiger partial charge in [0, 0.05) is 11.9 Å². The van der Waals surface area contributed by atoms with Crippen LogP contribution in [0.25, 0.3) is 5.65 Å². The molecule has 25 heavy (non-hydrogen) atoms. The van der Waals surface area contributed by atoms with Crippen LogP contribution in [0.4, 0.5) is 5.69 Å². The fraction of sp³-hybridized carbons (Fsp3) is 0.235. The Kier molecular flexibility index (Phi) is 5.51. The smallest absolute Gasteiger partial charge is 0.234 e. The summed E-state index contributed by atoms with van der Waals surface area (Å²) in [6, 6.07) is 9.45. The number of carbonyl (C=O) groups is 1. The maximum absolute atomic E-state index is 12.2. The lowest BCUT2D eigenvalue weighted by Crippen LogP contribution is -2.14. The number of pyridine rings is 1. The van der Waals surface area contributed by atoms with E-state index in [4.69, 9.17) is 23.2 Å². The highest BCUT2D eigenvalue weighted by Gasteiger charge is 2.12. The third-order valence-corrected chi connectivity index (χ3v) is 5.02. The van der Waals surface area contributed by atoms with Crippen molar-refractivity contribution in [2.75, 3.05) is 11.1 Å². The van der Waals surface area contributed by atoms with Crippen molar-refractivity contribution in [1.82, 2.24) is 14.6 Å². The van der Waals surface area contributed by atoms with Crippen molar-refractivity contribution in [3.63, 3.8) is 0 Å². The molecule has 0 aliphatic carbocycles. The summed E-state index contributed by atoms with van der Waals surface area (Å²) in [5.74, 6) is 0.545. The van der Waals surface area contributed by atoms with Gasteiger partial charge in [-0.25, -0.2) is 0 Å². The van der Waals surface area contributed by atoms with Crippen LogP contribution < -0.4 is 5.32 Å². The largest absolute Gasteiger partial charge is 0.325 e. The van der Waals surface area contributed by atoms with Gasteiger partial charge >= 0.3 is 0 Å². The Morgan fingerprint density at radius 3 is 2.64 bits per heavy atom. The summed E-state index contributed by atoms with van der Waals surface area (Å²) in [6.45, 7) is 4.26. The van der Waals surface area contributed by atoms with E-state index in [0.29, 0.717) is 26.8 Å². The van der Waals surface area contributed by atoms with Crippen LogP contribution >= 0.6 is 35.0 Å². The minimum atomic E-state index is -0.118. The maximum Gasteiger partial charge on any atom is 0.234 e. The Balaban J connectivity index is 1.64. The van der Waals surface area contributed by atoms with Crippen molar-refractivity contribution in [1.29, 1.82) is 0 Å². The highest BCUT2D eigenvalue weighted by molar-refractivity contribution is 7.99. The highest BCUT2D eigenvalue weighted by atomic mass is 35.5. The van der Waals surface area contributed by atoms with E-state index in [1.165, 1.54) is 17.3 Å². The molecule has 5 nitrogen and oxygen atoms in total. The SMILES string of the molecule is CC(C)c1ccc(NC(=O)CSc2nnc3c(Cl)cc(Cl)cn23)cc1. The Hall–Kier alpha value is -1.76. The number of nitrogens with one attached hydrogen (secondary N) is 1. The molecular weight excluding hydrogens is 379 g/mol. The molecule has 0 saturated carbocycles. The molecule has 0 aliphatic rings. The second-order valence-electron chi connectivity index (χ2n) is 5.80. The summed E-state index contributed by atoms with van der Waals surface area (Å²) in [5.41, 5.74) is 2.52. The van der Waals surface area contributed by atoms with E-state index in [2.05, 4.69) is 29.4 Å². The number of rotatable bonds is 5. The number of anilines is 1. The maximum atomic E-state index is 12.2. The number of amides is 1. The summed E-state index contributed by atoms with van der Waals surface area (Å²) < 4.78 is 1.68. The zero-order valence-corrected chi connectivity index (χ0v) is 16.0. The van der Waals surface area contributed by atoms with Crippen molar-refractivity contribution >= 4 is 52.2 Å². The molecule has 1 amide bonds. The lowest BCUT2D eigenvalue weighted by molar-refractivity contribution is -0.113. The molecule has 1 N–H and O–H groups in total. The third-order valence-electron chi connectivity index (χ3n) is 3.59. The Morgan fingerprint density at radius 1 is 1.24 bits per heavy atom. The molecule has 8 heteroatoms. The Labute approximate surface area is 159 Å². The standard InChI is InChI=1S/C17H16Cl2N4OS/c1-10(2)11-3-5-13(6-4-11)20-15(24)9-25-17-22-21-16-14(19)7-12(18)8-23(16)17/h3-8,10H,9H2,1-2H3,(H,20,24). The fourth-order valence-electron chi connectivity index (χ4n) is 2.28. The first-order valence-electron chi connectivity index (χ1n) is 7.66. The van der Waals surface area contributed by atoms with Gasteiger partial charge in [-0.1, -0.05) is 60.9 Å². The van der Waals surface area contributed by atoms with Crippen molar-refractivity contribution in [2.24, 2.45) is 0 Å². The van der Waals surface area contributed by atoms with Crippen LogP contribution in [0.3, 0.4) is 0 Å². The van der Waals surface area contributed by atoms with Crippen LogP contribution in [0.2, 0.25) is 10.0 Å². The minimum Gasteiger partial charge on any atom is -0.325 e. The molecule has 0 unspecified atom stereocenters. The molecule has 2 heterocycles. The number of fused-ring (bicyclic) bond motifs is 1. The molecular formula is C17H16Cl2N4OS. The topological polar surface area (TPSA) is 59.3 Å². The highest BCUT2D eigenvalue weighted by Crippen LogP contribution is 2.25. The molecule has 0 radical (unpaired) electrons. The van der Waals surface area contributed by atoms with Crippen LogP contribution in [0.15, 0.2) is 41.7 Å². The molecule has 0 fully saturated rings. The van der Waals surface area contributed by atoms with Gasteiger partial charge in [0.1, 0.15) is 0 Å². The monoisotopic (exact) mass is 394 g/mol. The number of benzene rings is 1. The zero-order chi connectivity index (χ0) is 18.0. The molecule has 0 atom stereocenters. The van der Waals surface area contributed by atoms with Gasteiger partial charge in [-0.15, -0.1) is 10.2 Å². The molecule has 130 valence electrons. The molecule has 0 bridgehead atoms. The Morgan fingerprint density at radius 2 is 1.96 bits per heavy atom. The van der Waals surface area contributed by atoms with E-state index in [1.807, 2.05) is 24.3 Å². The number of hydrogen-bond acceptors (Lipinski definition) is 4. The second kappa shape index (κ2) is 7.64. The van der Waals surface area contributed by atoms with Crippen molar-refractivity contribution in [3.8, 4) is 0 Å². The molecule has 0 aliphatic heterocycles. The third kappa shape index (κ3) is 4.26. The predicted octanol–water partition coefficient (Wildman–Crippen LogP) is 4.89. The van der Waals surface area contributed by atoms with Gasteiger partial charge in [0.2, 0.25) is 5.91 Å². The van der Waals surface area contributed by atoms with Crippen molar-refractivity contribution in [3.05, 3.63) is 52.1 Å². The van der Waals surface area contributed by atoms with E-state index in [1.54, 1.807) is 16.7 Å². The van der Waals surface area contributed by atoms with Gasteiger partial charge in [-0.3, -0.25) is 9.20 Å². The molecule has 3 rings (SSSR count). The first-order chi connectivity index (χ1) is 11.9. The van der Waals surface area contributed by atoms with E-state index in [-0.39, 0.29) is 11.7 Å². The molecule has 1 aromatic carbocycles. The van der Waals surface area contributed by atoms with Crippen LogP contribution in [0.5, 0.6) is 0 Å².